The number of imidazole rings is 1. The molecule has 1 atom stereocenters. The van der Waals surface area contributed by atoms with Crippen LogP contribution in [0.5, 0.6) is 5.75 Å². The van der Waals surface area contributed by atoms with Crippen molar-refractivity contribution in [3.8, 4) is 5.75 Å². The Hall–Kier alpha value is -4.87. The molecule has 0 aliphatic carbocycles. The van der Waals surface area contributed by atoms with Gasteiger partial charge in [0.15, 0.2) is 0 Å². The molecule has 40 heavy (non-hydrogen) atoms. The number of benzene rings is 2. The number of hydrogen-bond donors (Lipinski definition) is 3. The fourth-order valence-corrected chi connectivity index (χ4v) is 4.86. The van der Waals surface area contributed by atoms with Crippen LogP contribution in [0.2, 0.25) is 0 Å². The van der Waals surface area contributed by atoms with E-state index in [1.54, 1.807) is 22.9 Å². The van der Waals surface area contributed by atoms with Crippen LogP contribution >= 0.6 is 0 Å². The quantitative estimate of drug-likeness (QED) is 0.291. The van der Waals surface area contributed by atoms with E-state index in [1.165, 1.54) is 0 Å². The maximum atomic E-state index is 13.3. The van der Waals surface area contributed by atoms with Crippen molar-refractivity contribution in [1.29, 1.82) is 0 Å². The Morgan fingerprint density at radius 3 is 2.67 bits per heavy atom. The Kier molecular flexibility index (Phi) is 7.16. The topological polar surface area (TPSA) is 155 Å². The molecule has 208 valence electrons. The van der Waals surface area contributed by atoms with Crippen LogP contribution in [0.25, 0.3) is 11.0 Å². The molecule has 0 saturated heterocycles. The minimum atomic E-state index is -0.716. The number of primary amides is 1. The van der Waals surface area contributed by atoms with E-state index < -0.39 is 17.5 Å². The van der Waals surface area contributed by atoms with Gasteiger partial charge in [-0.2, -0.15) is 5.10 Å². The summed E-state index contributed by atoms with van der Waals surface area (Å²) in [6.07, 6.45) is -0.103. The maximum Gasteiger partial charge on any atom is 0.407 e. The van der Waals surface area contributed by atoms with E-state index in [-0.39, 0.29) is 37.2 Å². The predicted molar refractivity (Wildman–Crippen MR) is 147 cm³/mol. The zero-order valence-corrected chi connectivity index (χ0v) is 22.6. The molecule has 0 fully saturated rings. The third-order valence-electron chi connectivity index (χ3n) is 6.88. The van der Waals surface area contributed by atoms with Gasteiger partial charge in [-0.3, -0.25) is 24.2 Å². The van der Waals surface area contributed by atoms with Gasteiger partial charge in [-0.1, -0.05) is 30.3 Å². The van der Waals surface area contributed by atoms with E-state index in [9.17, 15) is 14.4 Å². The SMILES string of the molecule is CCn1nc(C)cc1C(=O)Nc1nc2cc(C(N)=O)cc3c2n1[C@@](C)(CCNC(=O)OCc1ccccc1)CO3. The molecule has 3 heterocycles. The van der Waals surface area contributed by atoms with Gasteiger partial charge >= 0.3 is 6.09 Å². The van der Waals surface area contributed by atoms with E-state index in [4.69, 9.17) is 15.2 Å². The van der Waals surface area contributed by atoms with E-state index in [2.05, 4.69) is 20.7 Å². The Labute approximate surface area is 230 Å². The van der Waals surface area contributed by atoms with Crippen LogP contribution < -0.4 is 21.1 Å². The summed E-state index contributed by atoms with van der Waals surface area (Å²) in [5.41, 5.74) is 8.13. The highest BCUT2D eigenvalue weighted by Crippen LogP contribution is 2.41. The van der Waals surface area contributed by atoms with Crippen molar-refractivity contribution in [2.45, 2.75) is 45.9 Å². The van der Waals surface area contributed by atoms with Crippen molar-refractivity contribution in [3.63, 3.8) is 0 Å². The normalized spacial score (nSPS) is 15.9. The molecule has 0 spiro atoms. The highest BCUT2D eigenvalue weighted by Gasteiger charge is 2.38. The summed E-state index contributed by atoms with van der Waals surface area (Å²) in [6.45, 7) is 6.83. The van der Waals surface area contributed by atoms with Crippen LogP contribution in [-0.2, 0) is 23.4 Å². The number of rotatable bonds is 9. The first kappa shape index (κ1) is 26.7. The molecule has 0 saturated carbocycles. The Morgan fingerprint density at radius 2 is 1.95 bits per heavy atom. The summed E-state index contributed by atoms with van der Waals surface area (Å²) in [5.74, 6) is -0.277. The Balaban J connectivity index is 1.41. The second-order valence-corrected chi connectivity index (χ2v) is 9.94. The molecule has 4 N–H and O–H groups in total. The molecule has 12 nitrogen and oxygen atoms in total. The van der Waals surface area contributed by atoms with Crippen molar-refractivity contribution < 1.29 is 23.9 Å². The van der Waals surface area contributed by atoms with Crippen LogP contribution in [0.4, 0.5) is 10.7 Å². The lowest BCUT2D eigenvalue weighted by Crippen LogP contribution is -2.43. The van der Waals surface area contributed by atoms with E-state index in [0.717, 1.165) is 11.3 Å². The van der Waals surface area contributed by atoms with Gasteiger partial charge in [0.1, 0.15) is 30.2 Å². The van der Waals surface area contributed by atoms with Gasteiger partial charge in [-0.15, -0.1) is 0 Å². The van der Waals surface area contributed by atoms with Crippen LogP contribution in [0.15, 0.2) is 48.5 Å². The minimum absolute atomic E-state index is 0.161. The summed E-state index contributed by atoms with van der Waals surface area (Å²) in [6, 6.07) is 14.3. The number of carbonyl (C=O) groups is 3. The maximum absolute atomic E-state index is 13.3. The summed E-state index contributed by atoms with van der Waals surface area (Å²) in [4.78, 5) is 42.3. The zero-order valence-electron chi connectivity index (χ0n) is 22.6. The number of hydrogen-bond acceptors (Lipinski definition) is 7. The summed E-state index contributed by atoms with van der Waals surface area (Å²) in [7, 11) is 0. The fraction of sp³-hybridized carbons (Fsp3) is 0.321. The molecule has 2 aromatic heterocycles. The third kappa shape index (κ3) is 5.20. The third-order valence-corrected chi connectivity index (χ3v) is 6.88. The van der Waals surface area contributed by atoms with Crippen LogP contribution in [-0.4, -0.2) is 50.4 Å². The number of carbonyl (C=O) groups excluding carboxylic acids is 3. The molecule has 2 aromatic carbocycles. The van der Waals surface area contributed by atoms with Gasteiger partial charge in [0.05, 0.1) is 16.7 Å². The van der Waals surface area contributed by atoms with Gasteiger partial charge in [-0.25, -0.2) is 9.78 Å². The summed E-state index contributed by atoms with van der Waals surface area (Å²) < 4.78 is 14.9. The smallest absolute Gasteiger partial charge is 0.407 e. The molecular weight excluding hydrogens is 514 g/mol. The lowest BCUT2D eigenvalue weighted by molar-refractivity contribution is 0.0995. The zero-order chi connectivity index (χ0) is 28.4. The van der Waals surface area contributed by atoms with E-state index >= 15 is 0 Å². The van der Waals surface area contributed by atoms with Crippen molar-refractivity contribution in [2.24, 2.45) is 5.73 Å². The number of nitrogens with one attached hydrogen (secondary N) is 2. The van der Waals surface area contributed by atoms with Gasteiger partial charge in [0, 0.05) is 18.7 Å². The molecule has 5 rings (SSSR count). The first-order valence-electron chi connectivity index (χ1n) is 13.0. The lowest BCUT2D eigenvalue weighted by atomic mass is 9.96. The number of alkyl carbamates (subject to hydrolysis) is 1. The monoisotopic (exact) mass is 545 g/mol. The summed E-state index contributed by atoms with van der Waals surface area (Å²) in [5, 5.41) is 10.1. The number of aromatic nitrogens is 4. The van der Waals surface area contributed by atoms with Gasteiger partial charge in [0.2, 0.25) is 11.9 Å². The second-order valence-electron chi connectivity index (χ2n) is 9.94. The Bertz CT molecular complexity index is 1590. The first-order valence-corrected chi connectivity index (χ1v) is 13.0. The summed E-state index contributed by atoms with van der Waals surface area (Å²) >= 11 is 0. The molecule has 0 bridgehead atoms. The highest BCUT2D eigenvalue weighted by atomic mass is 16.5. The molecule has 1 aliphatic heterocycles. The number of anilines is 1. The fourth-order valence-electron chi connectivity index (χ4n) is 4.86. The van der Waals surface area contributed by atoms with E-state index in [0.29, 0.717) is 35.4 Å². The van der Waals surface area contributed by atoms with Gasteiger partial charge in [0.25, 0.3) is 5.91 Å². The van der Waals surface area contributed by atoms with Gasteiger partial charge < -0.3 is 20.5 Å². The average molecular weight is 546 g/mol. The number of ether oxygens (including phenoxy) is 2. The van der Waals surface area contributed by atoms with Crippen molar-refractivity contribution in [1.82, 2.24) is 24.6 Å². The number of nitrogens with two attached hydrogens (primary N) is 1. The van der Waals surface area contributed by atoms with Crippen LogP contribution in [0.1, 0.15) is 52.4 Å². The lowest BCUT2D eigenvalue weighted by Gasteiger charge is -2.37. The standard InChI is InChI=1S/C28H31N7O5/c1-4-34-21(12-17(2)33-34)25(37)32-26-31-20-13-19(24(29)36)14-22-23(20)35(26)28(3,16-40-22)10-11-30-27(38)39-15-18-8-6-5-7-9-18/h5-9,12-14H,4,10-11,15-16H2,1-3H3,(H2,29,36)(H,30,38)(H,31,32,37)/t28-/m0/s1. The highest BCUT2D eigenvalue weighted by molar-refractivity contribution is 6.04. The Morgan fingerprint density at radius 1 is 1.18 bits per heavy atom. The van der Waals surface area contributed by atoms with Crippen molar-refractivity contribution in [2.75, 3.05) is 18.5 Å². The predicted octanol–water partition coefficient (Wildman–Crippen LogP) is 3.34. The average Bonchev–Trinajstić information content (AvgIpc) is 3.51. The molecule has 4 aromatic rings. The minimum Gasteiger partial charge on any atom is -0.489 e. The number of nitrogens with zero attached hydrogens (tertiary/aromatic N) is 4. The number of aryl methyl sites for hydroxylation is 2. The van der Waals surface area contributed by atoms with Crippen LogP contribution in [0, 0.1) is 6.92 Å². The number of amides is 3. The molecular formula is C28H31N7O5. The molecule has 3 amide bonds. The molecule has 0 radical (unpaired) electrons. The van der Waals surface area contributed by atoms with Crippen molar-refractivity contribution in [3.05, 3.63) is 71.0 Å². The molecule has 0 unspecified atom stereocenters. The van der Waals surface area contributed by atoms with Gasteiger partial charge in [-0.05, 0) is 51.0 Å². The van der Waals surface area contributed by atoms with E-state index in [1.807, 2.05) is 55.7 Å². The first-order chi connectivity index (χ1) is 19.2. The largest absolute Gasteiger partial charge is 0.489 e. The van der Waals surface area contributed by atoms with Crippen molar-refractivity contribution >= 4 is 34.9 Å². The molecule has 12 heteroatoms. The molecule has 1 aliphatic rings. The second kappa shape index (κ2) is 10.7. The van der Waals surface area contributed by atoms with Crippen LogP contribution in [0.3, 0.4) is 0 Å².